The Kier molecular flexibility index (Phi) is 5.12. The van der Waals surface area contributed by atoms with E-state index in [0.717, 1.165) is 37.6 Å². The average Bonchev–Trinajstić information content (AvgIpc) is 3.36. The summed E-state index contributed by atoms with van der Waals surface area (Å²) < 4.78 is 0. The number of carbonyl (C=O) groups is 2. The lowest BCUT2D eigenvalue weighted by Crippen LogP contribution is -2.64. The van der Waals surface area contributed by atoms with Gasteiger partial charge in [0.1, 0.15) is 0 Å². The summed E-state index contributed by atoms with van der Waals surface area (Å²) in [5.74, 6) is 0.667. The van der Waals surface area contributed by atoms with Crippen molar-refractivity contribution in [1.82, 2.24) is 14.7 Å². The molecule has 2 aromatic carbocycles. The molecule has 0 saturated carbocycles. The van der Waals surface area contributed by atoms with E-state index in [2.05, 4.69) is 54.0 Å². The quantitative estimate of drug-likeness (QED) is 0.730. The fraction of sp³-hybridized carbons (Fsp3) is 0.400. The van der Waals surface area contributed by atoms with Gasteiger partial charge in [-0.15, -0.1) is 0 Å². The van der Waals surface area contributed by atoms with Gasteiger partial charge in [-0.1, -0.05) is 42.5 Å². The van der Waals surface area contributed by atoms with Crippen molar-refractivity contribution in [3.8, 4) is 0 Å². The van der Waals surface area contributed by atoms with Gasteiger partial charge in [0.05, 0.1) is 0 Å². The number of hydrogen-bond donors (Lipinski definition) is 0. The number of urea groups is 1. The van der Waals surface area contributed by atoms with Crippen LogP contribution in [0.4, 0.5) is 10.5 Å². The minimum Gasteiger partial charge on any atom is -0.325 e. The second-order valence-electron chi connectivity index (χ2n) is 8.90. The van der Waals surface area contributed by atoms with Gasteiger partial charge in [0, 0.05) is 32.4 Å². The normalized spacial score (nSPS) is 22.4. The Hall–Kier alpha value is -3.35. The fourth-order valence-corrected chi connectivity index (χ4v) is 4.97. The summed E-state index contributed by atoms with van der Waals surface area (Å²) in [7, 11) is 1.76. The zero-order valence-electron chi connectivity index (χ0n) is 18.9. The molecule has 3 amide bonds. The van der Waals surface area contributed by atoms with Gasteiger partial charge in [0.25, 0.3) is 5.91 Å². The van der Waals surface area contributed by atoms with Crippen LogP contribution >= 0.6 is 0 Å². The molecule has 7 nitrogen and oxygen atoms in total. The summed E-state index contributed by atoms with van der Waals surface area (Å²) in [5, 5.41) is 0. The summed E-state index contributed by atoms with van der Waals surface area (Å²) in [6.07, 6.45) is 1.11. The number of likely N-dealkylation sites (N-methyl/N-ethyl adjacent to an activating group) is 1. The second kappa shape index (κ2) is 7.97. The third kappa shape index (κ3) is 3.32. The first-order valence-electron chi connectivity index (χ1n) is 11.3. The topological polar surface area (TPSA) is 59.5 Å². The Labute approximate surface area is 188 Å². The number of aryl methyl sites for hydroxylation is 3. The molecular weight excluding hydrogens is 402 g/mol. The number of rotatable bonds is 5. The molecule has 0 spiro atoms. The van der Waals surface area contributed by atoms with Crippen LogP contribution in [0.1, 0.15) is 23.1 Å². The molecule has 0 bridgehead atoms. The monoisotopic (exact) mass is 431 g/mol. The van der Waals surface area contributed by atoms with Crippen molar-refractivity contribution in [2.75, 3.05) is 31.6 Å². The maximum absolute atomic E-state index is 13.5. The number of aliphatic imine (C=N–C) groups is 1. The maximum atomic E-state index is 13.5. The largest absolute Gasteiger partial charge is 0.328 e. The molecule has 2 fully saturated rings. The number of imide groups is 1. The summed E-state index contributed by atoms with van der Waals surface area (Å²) in [5.41, 5.74) is 4.69. The molecule has 7 heteroatoms. The van der Waals surface area contributed by atoms with Crippen LogP contribution in [0.2, 0.25) is 0 Å². The van der Waals surface area contributed by atoms with Gasteiger partial charge in [0.15, 0.2) is 12.2 Å². The van der Waals surface area contributed by atoms with E-state index in [-0.39, 0.29) is 11.9 Å². The lowest BCUT2D eigenvalue weighted by Gasteiger charge is -2.40. The number of fused-ring (bicyclic) bond motifs is 3. The third-order valence-corrected chi connectivity index (χ3v) is 6.72. The van der Waals surface area contributed by atoms with Gasteiger partial charge in [-0.05, 0) is 49.4 Å². The Morgan fingerprint density at radius 3 is 2.59 bits per heavy atom. The summed E-state index contributed by atoms with van der Waals surface area (Å²) in [4.78, 5) is 38.7. The molecule has 2 saturated heterocycles. The minimum absolute atomic E-state index is 0.132. The fourth-order valence-electron chi connectivity index (χ4n) is 4.97. The van der Waals surface area contributed by atoms with Gasteiger partial charge in [0.2, 0.25) is 5.96 Å². The third-order valence-electron chi connectivity index (χ3n) is 6.72. The van der Waals surface area contributed by atoms with Crippen molar-refractivity contribution in [3.63, 3.8) is 0 Å². The van der Waals surface area contributed by atoms with E-state index in [1.165, 1.54) is 21.6 Å². The van der Waals surface area contributed by atoms with Crippen LogP contribution in [-0.2, 0) is 11.2 Å². The highest BCUT2D eigenvalue weighted by molar-refractivity contribution is 6.08. The Bertz CT molecular complexity index is 1080. The van der Waals surface area contributed by atoms with E-state index < -0.39 is 12.2 Å². The standard InChI is InChI=1S/C25H29N5O2/c1-17-11-12-18(2)20(16-17)28-14-15-29-21-22(26-24(28)29)27(3)25(32)30(23(21)31)13-7-10-19-8-5-4-6-9-19/h4-6,8-9,11-12,16,21-22H,7,10,13-15H2,1-3H3. The summed E-state index contributed by atoms with van der Waals surface area (Å²) in [6.45, 7) is 6.10. The Balaban J connectivity index is 1.35. The van der Waals surface area contributed by atoms with Crippen LogP contribution < -0.4 is 4.90 Å². The molecule has 0 aliphatic carbocycles. The second-order valence-corrected chi connectivity index (χ2v) is 8.90. The smallest absolute Gasteiger partial charge is 0.325 e. The van der Waals surface area contributed by atoms with Crippen molar-refractivity contribution < 1.29 is 9.59 Å². The molecule has 0 N–H and O–H groups in total. The molecule has 3 heterocycles. The number of hydrogen-bond acceptors (Lipinski definition) is 5. The number of carbonyl (C=O) groups excluding carboxylic acids is 2. The van der Waals surface area contributed by atoms with E-state index in [1.807, 2.05) is 18.2 Å². The van der Waals surface area contributed by atoms with Gasteiger partial charge < -0.3 is 14.7 Å². The first-order chi connectivity index (χ1) is 15.5. The number of anilines is 1. The van der Waals surface area contributed by atoms with Gasteiger partial charge in [-0.3, -0.25) is 9.69 Å². The van der Waals surface area contributed by atoms with E-state index in [4.69, 9.17) is 4.99 Å². The zero-order chi connectivity index (χ0) is 22.4. The Morgan fingerprint density at radius 2 is 1.81 bits per heavy atom. The van der Waals surface area contributed by atoms with Crippen LogP contribution in [0.5, 0.6) is 0 Å². The SMILES string of the molecule is Cc1ccc(C)c(N2CCN3C2=NC2C3C(=O)N(CCCc3ccccc3)C(=O)N2C)c1. The molecular formula is C25H29N5O2. The molecule has 166 valence electrons. The van der Waals surface area contributed by atoms with Gasteiger partial charge in [-0.25, -0.2) is 9.79 Å². The van der Waals surface area contributed by atoms with E-state index in [1.54, 1.807) is 11.9 Å². The van der Waals surface area contributed by atoms with Crippen molar-refractivity contribution in [1.29, 1.82) is 0 Å². The predicted molar refractivity (Wildman–Crippen MR) is 125 cm³/mol. The van der Waals surface area contributed by atoms with Gasteiger partial charge in [-0.2, -0.15) is 0 Å². The molecule has 2 aromatic rings. The van der Waals surface area contributed by atoms with Crippen LogP contribution in [0, 0.1) is 13.8 Å². The molecule has 3 aliphatic heterocycles. The number of amides is 3. The minimum atomic E-state index is -0.469. The van der Waals surface area contributed by atoms with Crippen LogP contribution in [-0.4, -0.2) is 71.5 Å². The van der Waals surface area contributed by atoms with Crippen molar-refractivity contribution in [2.24, 2.45) is 4.99 Å². The molecule has 32 heavy (non-hydrogen) atoms. The van der Waals surface area contributed by atoms with Gasteiger partial charge >= 0.3 is 6.03 Å². The first-order valence-corrected chi connectivity index (χ1v) is 11.3. The maximum Gasteiger partial charge on any atom is 0.328 e. The number of guanidine groups is 1. The molecule has 5 rings (SSSR count). The van der Waals surface area contributed by atoms with E-state index in [9.17, 15) is 9.59 Å². The van der Waals surface area contributed by atoms with E-state index in [0.29, 0.717) is 6.54 Å². The van der Waals surface area contributed by atoms with Crippen molar-refractivity contribution in [2.45, 2.75) is 38.9 Å². The first kappa shape index (κ1) is 20.5. The highest BCUT2D eigenvalue weighted by atomic mass is 16.2. The number of nitrogens with zero attached hydrogens (tertiary/aromatic N) is 5. The highest BCUT2D eigenvalue weighted by Crippen LogP contribution is 2.34. The van der Waals surface area contributed by atoms with Crippen LogP contribution in [0.15, 0.2) is 53.5 Å². The zero-order valence-corrected chi connectivity index (χ0v) is 18.9. The van der Waals surface area contributed by atoms with Crippen LogP contribution in [0.3, 0.4) is 0 Å². The van der Waals surface area contributed by atoms with Crippen molar-refractivity contribution in [3.05, 3.63) is 65.2 Å². The summed E-state index contributed by atoms with van der Waals surface area (Å²) >= 11 is 0. The molecule has 0 aromatic heterocycles. The highest BCUT2D eigenvalue weighted by Gasteiger charge is 2.54. The lowest BCUT2D eigenvalue weighted by molar-refractivity contribution is -0.137. The summed E-state index contributed by atoms with van der Waals surface area (Å²) in [6, 6.07) is 15.8. The molecule has 3 aliphatic rings. The lowest BCUT2D eigenvalue weighted by atomic mass is 10.1. The molecule has 2 unspecified atom stereocenters. The van der Waals surface area contributed by atoms with Crippen molar-refractivity contribution >= 4 is 23.6 Å². The molecule has 0 radical (unpaired) electrons. The van der Waals surface area contributed by atoms with Crippen LogP contribution in [0.25, 0.3) is 0 Å². The Morgan fingerprint density at radius 1 is 1.03 bits per heavy atom. The van der Waals surface area contributed by atoms with E-state index >= 15 is 0 Å². The average molecular weight is 432 g/mol. The number of benzene rings is 2. The predicted octanol–water partition coefficient (Wildman–Crippen LogP) is 3.02. The molecule has 2 atom stereocenters.